The summed E-state index contributed by atoms with van der Waals surface area (Å²) in [5, 5.41) is 9.07. The molecule has 0 unspecified atom stereocenters. The van der Waals surface area contributed by atoms with E-state index in [0.717, 1.165) is 12.1 Å². The number of aliphatic hydroxyl groups excluding tert-OH is 1. The van der Waals surface area contributed by atoms with Gasteiger partial charge in [0, 0.05) is 0 Å². The minimum Gasteiger partial charge on any atom is -0.392 e. The fraction of sp³-hybridized carbons (Fsp3) is 0.143. The zero-order chi connectivity index (χ0) is 15.6. The van der Waals surface area contributed by atoms with Crippen molar-refractivity contribution in [2.24, 2.45) is 0 Å². The van der Waals surface area contributed by atoms with E-state index in [-0.39, 0.29) is 22.2 Å². The summed E-state index contributed by atoms with van der Waals surface area (Å²) < 4.78 is 40.1. The Hall–Kier alpha value is -1.63. The zero-order valence-corrected chi connectivity index (χ0v) is 12.7. The lowest BCUT2D eigenvalue weighted by Gasteiger charge is -2.12. The van der Waals surface area contributed by atoms with Crippen LogP contribution in [0.3, 0.4) is 0 Å². The highest BCUT2D eigenvalue weighted by atomic mass is 35.5. The summed E-state index contributed by atoms with van der Waals surface area (Å²) in [5.41, 5.74) is 1.09. The Morgan fingerprint density at radius 3 is 2.57 bits per heavy atom. The Labute approximate surface area is 127 Å². The van der Waals surface area contributed by atoms with Gasteiger partial charge >= 0.3 is 0 Å². The molecule has 0 aliphatic heterocycles. The standard InChI is InChI=1S/C14H13ClFNO3S/c1-9-2-3-10(8-18)6-14(9)21(19,20)17-13-5-4-11(16)7-12(13)15/h2-7,17-18H,8H2,1H3. The normalized spacial score (nSPS) is 11.4. The van der Waals surface area contributed by atoms with Crippen molar-refractivity contribution in [3.8, 4) is 0 Å². The number of rotatable bonds is 4. The summed E-state index contributed by atoms with van der Waals surface area (Å²) in [6.07, 6.45) is 0. The van der Waals surface area contributed by atoms with E-state index in [1.807, 2.05) is 0 Å². The minimum atomic E-state index is -3.88. The molecule has 0 aliphatic rings. The summed E-state index contributed by atoms with van der Waals surface area (Å²) in [4.78, 5) is 0.0365. The van der Waals surface area contributed by atoms with E-state index in [1.165, 1.54) is 12.1 Å². The first-order chi connectivity index (χ1) is 9.83. The highest BCUT2D eigenvalue weighted by molar-refractivity contribution is 7.92. The molecule has 2 aromatic carbocycles. The molecule has 0 saturated carbocycles. The number of anilines is 1. The lowest BCUT2D eigenvalue weighted by molar-refractivity contribution is 0.281. The SMILES string of the molecule is Cc1ccc(CO)cc1S(=O)(=O)Nc1ccc(F)cc1Cl. The zero-order valence-electron chi connectivity index (χ0n) is 11.1. The van der Waals surface area contributed by atoms with E-state index in [2.05, 4.69) is 4.72 Å². The molecule has 0 bridgehead atoms. The summed E-state index contributed by atoms with van der Waals surface area (Å²) in [7, 11) is -3.88. The van der Waals surface area contributed by atoms with Crippen molar-refractivity contribution in [2.75, 3.05) is 4.72 Å². The van der Waals surface area contributed by atoms with Gasteiger partial charge < -0.3 is 5.11 Å². The third-order valence-corrected chi connectivity index (χ3v) is 4.72. The van der Waals surface area contributed by atoms with Crippen LogP contribution < -0.4 is 4.72 Å². The number of aliphatic hydroxyl groups is 1. The smallest absolute Gasteiger partial charge is 0.262 e. The summed E-state index contributed by atoms with van der Waals surface area (Å²) >= 11 is 5.81. The number of benzene rings is 2. The maximum Gasteiger partial charge on any atom is 0.262 e. The average Bonchev–Trinajstić information content (AvgIpc) is 2.42. The highest BCUT2D eigenvalue weighted by Gasteiger charge is 2.19. The second-order valence-electron chi connectivity index (χ2n) is 4.49. The van der Waals surface area contributed by atoms with Crippen molar-refractivity contribution in [3.05, 3.63) is 58.4 Å². The van der Waals surface area contributed by atoms with Gasteiger partial charge in [0.15, 0.2) is 0 Å². The molecule has 4 nitrogen and oxygen atoms in total. The van der Waals surface area contributed by atoms with Crippen molar-refractivity contribution in [1.82, 2.24) is 0 Å². The number of sulfonamides is 1. The van der Waals surface area contributed by atoms with E-state index in [4.69, 9.17) is 16.7 Å². The molecule has 0 radical (unpaired) electrons. The number of nitrogens with one attached hydrogen (secondary N) is 1. The highest BCUT2D eigenvalue weighted by Crippen LogP contribution is 2.26. The van der Waals surface area contributed by atoms with Crippen LogP contribution in [-0.2, 0) is 16.6 Å². The average molecular weight is 330 g/mol. The van der Waals surface area contributed by atoms with Crippen molar-refractivity contribution in [2.45, 2.75) is 18.4 Å². The van der Waals surface area contributed by atoms with Crippen LogP contribution >= 0.6 is 11.6 Å². The van der Waals surface area contributed by atoms with Crippen LogP contribution in [0.25, 0.3) is 0 Å². The molecule has 0 atom stereocenters. The van der Waals surface area contributed by atoms with Gasteiger partial charge in [0.25, 0.3) is 10.0 Å². The van der Waals surface area contributed by atoms with Crippen LogP contribution in [-0.4, -0.2) is 13.5 Å². The van der Waals surface area contributed by atoms with Gasteiger partial charge in [-0.1, -0.05) is 23.7 Å². The van der Waals surface area contributed by atoms with Crippen LogP contribution in [0.5, 0.6) is 0 Å². The second-order valence-corrected chi connectivity index (χ2v) is 6.55. The Balaban J connectivity index is 2.43. The molecule has 0 spiro atoms. The largest absolute Gasteiger partial charge is 0.392 e. The fourth-order valence-electron chi connectivity index (χ4n) is 1.80. The quantitative estimate of drug-likeness (QED) is 0.906. The van der Waals surface area contributed by atoms with Crippen molar-refractivity contribution >= 4 is 27.3 Å². The molecular formula is C14H13ClFNO3S. The summed E-state index contributed by atoms with van der Waals surface area (Å²) in [5.74, 6) is -0.554. The Kier molecular flexibility index (Phi) is 4.51. The third kappa shape index (κ3) is 3.53. The van der Waals surface area contributed by atoms with Crippen molar-refractivity contribution < 1.29 is 17.9 Å². The van der Waals surface area contributed by atoms with Gasteiger partial charge in [-0.3, -0.25) is 4.72 Å². The molecule has 112 valence electrons. The predicted octanol–water partition coefficient (Wildman–Crippen LogP) is 3.08. The monoisotopic (exact) mass is 329 g/mol. The summed E-state index contributed by atoms with van der Waals surface area (Å²) in [6, 6.07) is 8.01. The van der Waals surface area contributed by atoms with E-state index in [9.17, 15) is 12.8 Å². The molecule has 2 N–H and O–H groups in total. The van der Waals surface area contributed by atoms with Crippen LogP contribution in [0.1, 0.15) is 11.1 Å². The van der Waals surface area contributed by atoms with E-state index < -0.39 is 15.8 Å². The van der Waals surface area contributed by atoms with Crippen LogP contribution in [0.15, 0.2) is 41.3 Å². The topological polar surface area (TPSA) is 66.4 Å². The van der Waals surface area contributed by atoms with Crippen LogP contribution in [0.4, 0.5) is 10.1 Å². The van der Waals surface area contributed by atoms with Crippen molar-refractivity contribution in [3.63, 3.8) is 0 Å². The van der Waals surface area contributed by atoms with Crippen LogP contribution in [0, 0.1) is 12.7 Å². The van der Waals surface area contributed by atoms with Gasteiger partial charge in [0.05, 0.1) is 22.2 Å². The van der Waals surface area contributed by atoms with Gasteiger partial charge in [0.2, 0.25) is 0 Å². The lowest BCUT2D eigenvalue weighted by Crippen LogP contribution is -2.15. The Morgan fingerprint density at radius 2 is 1.95 bits per heavy atom. The maximum atomic E-state index is 13.0. The molecule has 7 heteroatoms. The second kappa shape index (κ2) is 6.01. The first-order valence-corrected chi connectivity index (χ1v) is 7.88. The van der Waals surface area contributed by atoms with E-state index in [1.54, 1.807) is 19.1 Å². The Morgan fingerprint density at radius 1 is 1.24 bits per heavy atom. The predicted molar refractivity (Wildman–Crippen MR) is 79.3 cm³/mol. The molecule has 0 saturated heterocycles. The number of hydrogen-bond acceptors (Lipinski definition) is 3. The summed E-state index contributed by atoms with van der Waals surface area (Å²) in [6.45, 7) is 1.38. The van der Waals surface area contributed by atoms with Gasteiger partial charge in [-0.05, 0) is 42.3 Å². The van der Waals surface area contributed by atoms with E-state index in [0.29, 0.717) is 11.1 Å². The first-order valence-electron chi connectivity index (χ1n) is 6.02. The number of halogens is 2. The molecule has 0 heterocycles. The molecule has 2 rings (SSSR count). The van der Waals surface area contributed by atoms with Gasteiger partial charge in [-0.15, -0.1) is 0 Å². The van der Waals surface area contributed by atoms with Crippen LogP contribution in [0.2, 0.25) is 5.02 Å². The van der Waals surface area contributed by atoms with Gasteiger partial charge in [-0.2, -0.15) is 0 Å². The molecular weight excluding hydrogens is 317 g/mol. The van der Waals surface area contributed by atoms with Crippen molar-refractivity contribution in [1.29, 1.82) is 0 Å². The molecule has 2 aromatic rings. The lowest BCUT2D eigenvalue weighted by atomic mass is 10.2. The van der Waals surface area contributed by atoms with E-state index >= 15 is 0 Å². The van der Waals surface area contributed by atoms with Gasteiger partial charge in [0.1, 0.15) is 5.82 Å². The molecule has 0 amide bonds. The molecule has 21 heavy (non-hydrogen) atoms. The molecule has 0 fully saturated rings. The third-order valence-electron chi connectivity index (χ3n) is 2.90. The minimum absolute atomic E-state index is 0.0328. The molecule has 0 aromatic heterocycles. The number of hydrogen-bond donors (Lipinski definition) is 2. The molecule has 0 aliphatic carbocycles. The fourth-order valence-corrected chi connectivity index (χ4v) is 3.45. The van der Waals surface area contributed by atoms with Gasteiger partial charge in [-0.25, -0.2) is 12.8 Å². The first kappa shape index (κ1) is 15.8. The maximum absolute atomic E-state index is 13.0. The number of aryl methyl sites for hydroxylation is 1. The Bertz CT molecular complexity index is 778.